The molecular weight excluding hydrogens is 318 g/mol. The molecular formula is C18H19N5O2. The molecule has 0 spiro atoms. The molecule has 2 heterocycles. The molecule has 1 aliphatic carbocycles. The summed E-state index contributed by atoms with van der Waals surface area (Å²) in [4.78, 5) is 31.5. The number of amides is 1. The molecule has 1 amide bonds. The van der Waals surface area contributed by atoms with Crippen LogP contribution < -0.4 is 10.9 Å². The molecule has 0 saturated carbocycles. The Labute approximate surface area is 144 Å². The standard InChI is InChI=1S/C18H19N5O2/c24-17-10-12-3-1-2-4-14(12)22-23(17)8-7-19-18(25)13-5-6-15-16(9-13)21-11-20-15/h5-6,9-11H,1-4,7-8H2,(H,19,25)(H,20,21). The number of rotatable bonds is 4. The van der Waals surface area contributed by atoms with E-state index in [0.29, 0.717) is 18.7 Å². The normalized spacial score (nSPS) is 13.6. The number of nitrogens with one attached hydrogen (secondary N) is 2. The zero-order valence-corrected chi connectivity index (χ0v) is 13.8. The molecule has 0 unspecified atom stereocenters. The molecule has 7 nitrogen and oxygen atoms in total. The van der Waals surface area contributed by atoms with Gasteiger partial charge in [0.2, 0.25) is 0 Å². The molecule has 3 aromatic rings. The molecule has 0 fully saturated rings. The van der Waals surface area contributed by atoms with Crippen LogP contribution in [0.1, 0.15) is 34.5 Å². The van der Waals surface area contributed by atoms with E-state index in [0.717, 1.165) is 48.0 Å². The van der Waals surface area contributed by atoms with Gasteiger partial charge in [-0.1, -0.05) is 0 Å². The van der Waals surface area contributed by atoms with Crippen LogP contribution in [0.2, 0.25) is 0 Å². The number of carbonyl (C=O) groups excluding carboxylic acids is 1. The van der Waals surface area contributed by atoms with Crippen LogP contribution in [0.5, 0.6) is 0 Å². The third-order valence-electron chi connectivity index (χ3n) is 4.57. The maximum Gasteiger partial charge on any atom is 0.267 e. The second-order valence-corrected chi connectivity index (χ2v) is 6.28. The molecule has 0 radical (unpaired) electrons. The lowest BCUT2D eigenvalue weighted by Crippen LogP contribution is -2.33. The molecule has 2 N–H and O–H groups in total. The molecule has 4 rings (SSSR count). The van der Waals surface area contributed by atoms with Crippen molar-refractivity contribution in [1.82, 2.24) is 25.1 Å². The van der Waals surface area contributed by atoms with Crippen molar-refractivity contribution in [2.24, 2.45) is 0 Å². The maximum atomic E-state index is 12.3. The number of aromatic amines is 1. The van der Waals surface area contributed by atoms with E-state index in [1.807, 2.05) is 0 Å². The first kappa shape index (κ1) is 15.6. The quantitative estimate of drug-likeness (QED) is 0.753. The van der Waals surface area contributed by atoms with Crippen molar-refractivity contribution in [1.29, 1.82) is 0 Å². The summed E-state index contributed by atoms with van der Waals surface area (Å²) in [7, 11) is 0. The van der Waals surface area contributed by atoms with Gasteiger partial charge in [0, 0.05) is 18.2 Å². The van der Waals surface area contributed by atoms with Crippen LogP contribution in [0, 0.1) is 0 Å². The van der Waals surface area contributed by atoms with Gasteiger partial charge in [-0.2, -0.15) is 5.10 Å². The van der Waals surface area contributed by atoms with Gasteiger partial charge < -0.3 is 10.3 Å². The third kappa shape index (κ3) is 3.17. The minimum absolute atomic E-state index is 0.103. The molecule has 128 valence electrons. The number of fused-ring (bicyclic) bond motifs is 2. The predicted octanol–water partition coefficient (Wildman–Crippen LogP) is 1.43. The average molecular weight is 337 g/mol. The SMILES string of the molecule is O=C(NCCn1nc2c(cc1=O)CCCC2)c1ccc2nc[nH]c2c1. The maximum absolute atomic E-state index is 12.3. The minimum Gasteiger partial charge on any atom is -0.350 e. The summed E-state index contributed by atoms with van der Waals surface area (Å²) >= 11 is 0. The Morgan fingerprint density at radius 1 is 1.24 bits per heavy atom. The molecule has 7 heteroatoms. The Kier molecular flexibility index (Phi) is 4.05. The smallest absolute Gasteiger partial charge is 0.267 e. The lowest BCUT2D eigenvalue weighted by molar-refractivity contribution is 0.0952. The Hall–Kier alpha value is -2.96. The number of hydrogen-bond donors (Lipinski definition) is 2. The fraction of sp³-hybridized carbons (Fsp3) is 0.333. The Morgan fingerprint density at radius 2 is 2.12 bits per heavy atom. The summed E-state index contributed by atoms with van der Waals surface area (Å²) in [6.45, 7) is 0.718. The van der Waals surface area contributed by atoms with Crippen molar-refractivity contribution in [3.8, 4) is 0 Å². The highest BCUT2D eigenvalue weighted by Gasteiger charge is 2.13. The van der Waals surface area contributed by atoms with Crippen LogP contribution in [0.25, 0.3) is 11.0 Å². The Balaban J connectivity index is 1.41. The summed E-state index contributed by atoms with van der Waals surface area (Å²) in [5.41, 5.74) is 4.18. The van der Waals surface area contributed by atoms with Crippen molar-refractivity contribution in [3.63, 3.8) is 0 Å². The number of nitrogens with zero attached hydrogens (tertiary/aromatic N) is 3. The first-order chi connectivity index (χ1) is 12.2. The van der Waals surface area contributed by atoms with Crippen LogP contribution in [0.4, 0.5) is 0 Å². The van der Waals surface area contributed by atoms with Gasteiger partial charge in [-0.15, -0.1) is 0 Å². The van der Waals surface area contributed by atoms with Gasteiger partial charge in [0.15, 0.2) is 0 Å². The van der Waals surface area contributed by atoms with Gasteiger partial charge in [0.25, 0.3) is 11.5 Å². The van der Waals surface area contributed by atoms with Crippen LogP contribution in [0.3, 0.4) is 0 Å². The van der Waals surface area contributed by atoms with E-state index in [9.17, 15) is 9.59 Å². The summed E-state index contributed by atoms with van der Waals surface area (Å²) in [6, 6.07) is 6.99. The van der Waals surface area contributed by atoms with Crippen LogP contribution in [0.15, 0.2) is 35.4 Å². The fourth-order valence-electron chi connectivity index (χ4n) is 3.22. The molecule has 1 aliphatic rings. The monoisotopic (exact) mass is 337 g/mol. The summed E-state index contributed by atoms with van der Waals surface area (Å²) in [5, 5.41) is 7.29. The highest BCUT2D eigenvalue weighted by molar-refractivity contribution is 5.97. The van der Waals surface area contributed by atoms with E-state index in [1.165, 1.54) is 4.68 Å². The van der Waals surface area contributed by atoms with Crippen molar-refractivity contribution in [3.05, 3.63) is 57.8 Å². The topological polar surface area (TPSA) is 92.7 Å². The first-order valence-corrected chi connectivity index (χ1v) is 8.52. The summed E-state index contributed by atoms with van der Waals surface area (Å²) in [5.74, 6) is -0.178. The Bertz CT molecular complexity index is 989. The number of hydrogen-bond acceptors (Lipinski definition) is 4. The second kappa shape index (κ2) is 6.51. The first-order valence-electron chi connectivity index (χ1n) is 8.52. The van der Waals surface area contributed by atoms with E-state index in [2.05, 4.69) is 20.4 Å². The van der Waals surface area contributed by atoms with E-state index < -0.39 is 0 Å². The number of aromatic nitrogens is 4. The lowest BCUT2D eigenvalue weighted by Gasteiger charge is -2.16. The number of carbonyl (C=O) groups is 1. The zero-order chi connectivity index (χ0) is 17.2. The minimum atomic E-state index is -0.178. The van der Waals surface area contributed by atoms with Gasteiger partial charge in [-0.05, 0) is 49.4 Å². The molecule has 2 aromatic heterocycles. The summed E-state index contributed by atoms with van der Waals surface area (Å²) in [6.07, 6.45) is 5.69. The van der Waals surface area contributed by atoms with Gasteiger partial charge in [0.05, 0.1) is 29.6 Å². The van der Waals surface area contributed by atoms with Crippen LogP contribution in [-0.4, -0.2) is 32.2 Å². The van der Waals surface area contributed by atoms with Crippen molar-refractivity contribution in [2.45, 2.75) is 32.2 Å². The van der Waals surface area contributed by atoms with Crippen molar-refractivity contribution >= 4 is 16.9 Å². The van der Waals surface area contributed by atoms with Crippen LogP contribution in [-0.2, 0) is 19.4 Å². The van der Waals surface area contributed by atoms with Crippen molar-refractivity contribution in [2.75, 3.05) is 6.54 Å². The number of H-pyrrole nitrogens is 1. The molecule has 1 aromatic carbocycles. The molecule has 0 atom stereocenters. The van der Waals surface area contributed by atoms with E-state index in [4.69, 9.17) is 0 Å². The van der Waals surface area contributed by atoms with Crippen molar-refractivity contribution < 1.29 is 4.79 Å². The molecule has 0 aliphatic heterocycles. The number of benzene rings is 1. The van der Waals surface area contributed by atoms with E-state index >= 15 is 0 Å². The largest absolute Gasteiger partial charge is 0.350 e. The number of aryl methyl sites for hydroxylation is 2. The van der Waals surface area contributed by atoms with Gasteiger partial charge in [-0.3, -0.25) is 9.59 Å². The number of imidazole rings is 1. The van der Waals surface area contributed by atoms with Gasteiger partial charge in [0.1, 0.15) is 0 Å². The van der Waals surface area contributed by atoms with Gasteiger partial charge in [-0.25, -0.2) is 9.67 Å². The van der Waals surface area contributed by atoms with E-state index in [1.54, 1.807) is 30.6 Å². The third-order valence-corrected chi connectivity index (χ3v) is 4.57. The second-order valence-electron chi connectivity index (χ2n) is 6.28. The highest BCUT2D eigenvalue weighted by atomic mass is 16.1. The zero-order valence-electron chi connectivity index (χ0n) is 13.8. The highest BCUT2D eigenvalue weighted by Crippen LogP contribution is 2.16. The molecule has 0 saturated heterocycles. The molecule has 0 bridgehead atoms. The van der Waals surface area contributed by atoms with E-state index in [-0.39, 0.29) is 11.5 Å². The Morgan fingerprint density at radius 3 is 3.04 bits per heavy atom. The molecule has 25 heavy (non-hydrogen) atoms. The summed E-state index contributed by atoms with van der Waals surface area (Å²) < 4.78 is 1.45. The fourth-order valence-corrected chi connectivity index (χ4v) is 3.22. The average Bonchev–Trinajstić information content (AvgIpc) is 3.09. The lowest BCUT2D eigenvalue weighted by atomic mass is 9.97. The predicted molar refractivity (Wildman–Crippen MR) is 93.6 cm³/mol. The van der Waals surface area contributed by atoms with Crippen LogP contribution >= 0.6 is 0 Å². The van der Waals surface area contributed by atoms with Gasteiger partial charge >= 0.3 is 0 Å².